The van der Waals surface area contributed by atoms with Crippen LogP contribution in [0.4, 0.5) is 0 Å². The van der Waals surface area contributed by atoms with Crippen molar-refractivity contribution in [2.24, 2.45) is 0 Å². The van der Waals surface area contributed by atoms with Crippen LogP contribution in [0, 0.1) is 0 Å². The van der Waals surface area contributed by atoms with E-state index in [0.29, 0.717) is 21.4 Å². The SMILES string of the molecule is O=C(O)CCC(=O)NC1C(=O)N2C(C(=O)O)=C(COc3cc(Cl)ccc3Oc3ccc(Cl)cc3Cl)CSC12. The number of fused-ring (bicyclic) bond motifs is 1. The van der Waals surface area contributed by atoms with Crippen molar-refractivity contribution in [3.8, 4) is 17.2 Å². The molecule has 10 nitrogen and oxygen atoms in total. The summed E-state index contributed by atoms with van der Waals surface area (Å²) in [6.45, 7) is -0.189. The quantitative estimate of drug-likeness (QED) is 0.337. The Kier molecular flexibility index (Phi) is 8.61. The van der Waals surface area contributed by atoms with E-state index in [1.54, 1.807) is 24.3 Å². The average Bonchev–Trinajstić information content (AvgIpc) is 2.86. The molecule has 3 N–H and O–H groups in total. The molecule has 2 unspecified atom stereocenters. The summed E-state index contributed by atoms with van der Waals surface area (Å²) in [5.41, 5.74) is 0.0956. The summed E-state index contributed by atoms with van der Waals surface area (Å²) in [5, 5.41) is 21.5. The van der Waals surface area contributed by atoms with Gasteiger partial charge in [-0.2, -0.15) is 0 Å². The molecule has 14 heteroatoms. The molecule has 4 rings (SSSR count). The van der Waals surface area contributed by atoms with Gasteiger partial charge in [0.25, 0.3) is 5.91 Å². The number of thioether (sulfide) groups is 1. The average molecular weight is 602 g/mol. The van der Waals surface area contributed by atoms with Crippen molar-refractivity contribution in [2.45, 2.75) is 24.3 Å². The Labute approximate surface area is 235 Å². The van der Waals surface area contributed by atoms with Gasteiger partial charge in [0.1, 0.15) is 29.5 Å². The molecule has 0 bridgehead atoms. The molecular formula is C24H19Cl3N2O8S. The van der Waals surface area contributed by atoms with Crippen LogP contribution in [0.1, 0.15) is 12.8 Å². The molecule has 2 aliphatic rings. The number of nitrogens with zero attached hydrogens (tertiary/aromatic N) is 1. The van der Waals surface area contributed by atoms with Crippen LogP contribution in [0.25, 0.3) is 0 Å². The zero-order valence-electron chi connectivity index (χ0n) is 19.3. The van der Waals surface area contributed by atoms with Crippen molar-refractivity contribution >= 4 is 70.3 Å². The van der Waals surface area contributed by atoms with E-state index in [2.05, 4.69) is 5.32 Å². The third-order valence-electron chi connectivity index (χ3n) is 5.55. The summed E-state index contributed by atoms with van der Waals surface area (Å²) in [6, 6.07) is 8.40. The van der Waals surface area contributed by atoms with Crippen molar-refractivity contribution in [3.63, 3.8) is 0 Å². The van der Waals surface area contributed by atoms with Gasteiger partial charge in [-0.15, -0.1) is 11.8 Å². The number of β-lactam (4-membered cyclic amide) rings is 1. The number of carboxylic acids is 2. The van der Waals surface area contributed by atoms with Crippen LogP contribution in [0.2, 0.25) is 15.1 Å². The van der Waals surface area contributed by atoms with Gasteiger partial charge in [0.05, 0.1) is 11.4 Å². The molecule has 38 heavy (non-hydrogen) atoms. The number of aliphatic carboxylic acids is 2. The van der Waals surface area contributed by atoms with Crippen LogP contribution in [0.5, 0.6) is 17.2 Å². The molecule has 2 aromatic carbocycles. The van der Waals surface area contributed by atoms with E-state index in [0.717, 1.165) is 4.90 Å². The Bertz CT molecular complexity index is 1350. The van der Waals surface area contributed by atoms with Gasteiger partial charge in [-0.05, 0) is 30.3 Å². The molecule has 0 saturated carbocycles. The van der Waals surface area contributed by atoms with Crippen molar-refractivity contribution in [1.29, 1.82) is 0 Å². The lowest BCUT2D eigenvalue weighted by Gasteiger charge is -2.49. The maximum atomic E-state index is 12.7. The lowest BCUT2D eigenvalue weighted by molar-refractivity contribution is -0.151. The molecule has 0 aliphatic carbocycles. The molecule has 2 aliphatic heterocycles. The van der Waals surface area contributed by atoms with Gasteiger partial charge >= 0.3 is 11.9 Å². The lowest BCUT2D eigenvalue weighted by atomic mass is 10.0. The maximum Gasteiger partial charge on any atom is 0.352 e. The van der Waals surface area contributed by atoms with E-state index >= 15 is 0 Å². The Morgan fingerprint density at radius 1 is 1.00 bits per heavy atom. The topological polar surface area (TPSA) is 142 Å². The first kappa shape index (κ1) is 27.9. The monoisotopic (exact) mass is 600 g/mol. The summed E-state index contributed by atoms with van der Waals surface area (Å²) in [7, 11) is 0. The van der Waals surface area contributed by atoms with Crippen molar-refractivity contribution in [2.75, 3.05) is 12.4 Å². The second-order valence-electron chi connectivity index (χ2n) is 8.16. The molecule has 2 aromatic rings. The Hall–Kier alpha value is -3.12. The fraction of sp³-hybridized carbons (Fsp3) is 0.250. The minimum Gasteiger partial charge on any atom is -0.485 e. The van der Waals surface area contributed by atoms with Crippen molar-refractivity contribution in [1.82, 2.24) is 10.2 Å². The number of nitrogens with one attached hydrogen (secondary N) is 1. The first-order chi connectivity index (χ1) is 18.0. The van der Waals surface area contributed by atoms with Crippen LogP contribution in [0.15, 0.2) is 47.7 Å². The van der Waals surface area contributed by atoms with Crippen molar-refractivity contribution in [3.05, 3.63) is 62.7 Å². The van der Waals surface area contributed by atoms with Crippen LogP contribution < -0.4 is 14.8 Å². The minimum absolute atomic E-state index is 0.189. The van der Waals surface area contributed by atoms with Crippen LogP contribution in [0.3, 0.4) is 0 Å². The molecule has 1 saturated heterocycles. The van der Waals surface area contributed by atoms with Gasteiger partial charge in [-0.25, -0.2) is 4.79 Å². The Morgan fingerprint density at radius 3 is 2.34 bits per heavy atom. The molecule has 1 fully saturated rings. The van der Waals surface area contributed by atoms with Gasteiger partial charge in [0, 0.05) is 33.9 Å². The maximum absolute atomic E-state index is 12.7. The zero-order valence-corrected chi connectivity index (χ0v) is 22.4. The van der Waals surface area contributed by atoms with Crippen LogP contribution in [-0.2, 0) is 19.2 Å². The smallest absolute Gasteiger partial charge is 0.352 e. The predicted octanol–water partition coefficient (Wildman–Crippen LogP) is 4.42. The number of rotatable bonds is 10. The number of benzene rings is 2. The molecule has 0 aromatic heterocycles. The van der Waals surface area contributed by atoms with Crippen molar-refractivity contribution < 1.29 is 38.9 Å². The number of ether oxygens (including phenoxy) is 2. The van der Waals surface area contributed by atoms with E-state index in [1.807, 2.05) is 0 Å². The fourth-order valence-corrected chi connectivity index (χ4v) is 5.72. The minimum atomic E-state index is -1.33. The number of hydrogen-bond donors (Lipinski definition) is 3. The summed E-state index contributed by atoms with van der Waals surface area (Å²) in [6.07, 6.45) is -0.669. The highest BCUT2D eigenvalue weighted by molar-refractivity contribution is 8.00. The number of amides is 2. The predicted molar refractivity (Wildman–Crippen MR) is 140 cm³/mol. The summed E-state index contributed by atoms with van der Waals surface area (Å²) in [5.74, 6) is -2.68. The first-order valence-corrected chi connectivity index (χ1v) is 13.2. The first-order valence-electron chi connectivity index (χ1n) is 11.0. The molecule has 0 spiro atoms. The second kappa shape index (κ2) is 11.7. The normalized spacial score (nSPS) is 18.4. The number of carbonyl (C=O) groups is 4. The van der Waals surface area contributed by atoms with E-state index in [9.17, 15) is 24.3 Å². The number of carbonyl (C=O) groups excluding carboxylic acids is 2. The van der Waals surface area contributed by atoms with Gasteiger partial charge in [-0.3, -0.25) is 19.3 Å². The Morgan fingerprint density at radius 2 is 1.68 bits per heavy atom. The van der Waals surface area contributed by atoms with Gasteiger partial charge < -0.3 is 25.0 Å². The summed E-state index contributed by atoms with van der Waals surface area (Å²) in [4.78, 5) is 48.6. The third-order valence-corrected chi connectivity index (χ3v) is 7.66. The Balaban J connectivity index is 1.50. The van der Waals surface area contributed by atoms with E-state index in [-0.39, 0.29) is 47.4 Å². The van der Waals surface area contributed by atoms with E-state index in [4.69, 9.17) is 49.4 Å². The zero-order chi connectivity index (χ0) is 27.6. The van der Waals surface area contributed by atoms with Gasteiger partial charge in [0.2, 0.25) is 5.91 Å². The largest absolute Gasteiger partial charge is 0.485 e. The molecule has 2 amide bonds. The lowest BCUT2D eigenvalue weighted by Crippen LogP contribution is -2.70. The number of hydrogen-bond acceptors (Lipinski definition) is 7. The molecule has 0 radical (unpaired) electrons. The highest BCUT2D eigenvalue weighted by atomic mass is 35.5. The molecule has 200 valence electrons. The third kappa shape index (κ3) is 6.12. The number of halogens is 3. The fourth-order valence-electron chi connectivity index (χ4n) is 3.78. The molecular weight excluding hydrogens is 583 g/mol. The standard InChI is InChI=1S/C24H19Cl3N2O8S/c25-12-1-3-15(14(27)7-12)37-16-4-2-13(26)8-17(16)36-9-11-10-38-23-20(28-18(30)5-6-19(31)32)22(33)29(23)21(11)24(34)35/h1-4,7-8,20,23H,5-6,9-10H2,(H,28,30)(H,31,32)(H,34,35). The van der Waals surface area contributed by atoms with Gasteiger partial charge in [-0.1, -0.05) is 34.8 Å². The highest BCUT2D eigenvalue weighted by Gasteiger charge is 2.54. The second-order valence-corrected chi connectivity index (χ2v) is 10.5. The van der Waals surface area contributed by atoms with Crippen LogP contribution in [-0.4, -0.2) is 62.6 Å². The van der Waals surface area contributed by atoms with Crippen LogP contribution >= 0.6 is 46.6 Å². The molecule has 2 heterocycles. The summed E-state index contributed by atoms with van der Waals surface area (Å²) >= 11 is 19.5. The summed E-state index contributed by atoms with van der Waals surface area (Å²) < 4.78 is 11.7. The number of carboxylic acid groups (broad SMARTS) is 2. The molecule has 2 atom stereocenters. The highest BCUT2D eigenvalue weighted by Crippen LogP contribution is 2.42. The van der Waals surface area contributed by atoms with E-state index < -0.39 is 35.2 Å². The van der Waals surface area contributed by atoms with E-state index in [1.165, 1.54) is 23.9 Å². The van der Waals surface area contributed by atoms with Gasteiger partial charge in [0.15, 0.2) is 11.5 Å².